The molecule has 0 bridgehead atoms. The summed E-state index contributed by atoms with van der Waals surface area (Å²) in [6, 6.07) is 0. The zero-order valence-electron chi connectivity index (χ0n) is 10.5. The maximum atomic E-state index is 11.5. The van der Waals surface area contributed by atoms with Gasteiger partial charge >= 0.3 is 6.09 Å². The third kappa shape index (κ3) is 3.72. The quantitative estimate of drug-likeness (QED) is 0.708. The van der Waals surface area contributed by atoms with Crippen molar-refractivity contribution in [3.8, 4) is 0 Å². The fourth-order valence-electron chi connectivity index (χ4n) is 1.58. The zero-order chi connectivity index (χ0) is 12.6. The van der Waals surface area contributed by atoms with Gasteiger partial charge < -0.3 is 15.4 Å². The molecular formula is C11H20N2O3. The van der Waals surface area contributed by atoms with Crippen molar-refractivity contribution in [2.75, 3.05) is 0 Å². The molecule has 2 N–H and O–H groups in total. The number of amides is 2. The molecule has 92 valence electrons. The van der Waals surface area contributed by atoms with Crippen LogP contribution in [0.4, 0.5) is 4.79 Å². The first-order valence-corrected chi connectivity index (χ1v) is 5.40. The average molecular weight is 228 g/mol. The highest BCUT2D eigenvalue weighted by Crippen LogP contribution is 2.21. The molecule has 1 saturated heterocycles. The number of rotatable bonds is 1. The van der Waals surface area contributed by atoms with Crippen LogP contribution in [0.25, 0.3) is 0 Å². The van der Waals surface area contributed by atoms with Gasteiger partial charge in [-0.1, -0.05) is 0 Å². The SMILES string of the molecule is CC(C)(C)NC(=O)O[C@H]1CC(C)(C)NC1=O. The Bertz CT molecular complexity index is 305. The Balaban J connectivity index is 2.50. The maximum Gasteiger partial charge on any atom is 0.408 e. The van der Waals surface area contributed by atoms with Crippen LogP contribution in [0.15, 0.2) is 0 Å². The van der Waals surface area contributed by atoms with Crippen LogP contribution in [-0.4, -0.2) is 29.2 Å². The second-order valence-electron chi connectivity index (χ2n) is 5.85. The third-order valence-electron chi connectivity index (χ3n) is 2.18. The smallest absolute Gasteiger partial charge is 0.408 e. The lowest BCUT2D eigenvalue weighted by Crippen LogP contribution is -2.43. The standard InChI is InChI=1S/C11H20N2O3/c1-10(2,3)13-9(15)16-7-6-11(4,5)12-8(7)14/h7H,6H2,1-5H3,(H,12,14)(H,13,15)/t7-/m0/s1. The summed E-state index contributed by atoms with van der Waals surface area (Å²) in [4.78, 5) is 22.9. The first-order valence-electron chi connectivity index (χ1n) is 5.40. The van der Waals surface area contributed by atoms with Crippen molar-refractivity contribution in [2.24, 2.45) is 0 Å². The molecule has 1 fully saturated rings. The fourth-order valence-corrected chi connectivity index (χ4v) is 1.58. The second kappa shape index (κ2) is 3.96. The van der Waals surface area contributed by atoms with E-state index in [1.807, 2.05) is 34.6 Å². The molecule has 0 aliphatic carbocycles. The first-order chi connectivity index (χ1) is 7.09. The molecular weight excluding hydrogens is 208 g/mol. The average Bonchev–Trinajstić information content (AvgIpc) is 2.19. The van der Waals surface area contributed by atoms with Gasteiger partial charge in [0, 0.05) is 17.5 Å². The molecule has 1 aliphatic rings. The van der Waals surface area contributed by atoms with Gasteiger partial charge in [0.05, 0.1) is 0 Å². The lowest BCUT2D eigenvalue weighted by atomic mass is 10.0. The van der Waals surface area contributed by atoms with Gasteiger partial charge in [-0.15, -0.1) is 0 Å². The van der Waals surface area contributed by atoms with E-state index in [2.05, 4.69) is 10.6 Å². The minimum Gasteiger partial charge on any atom is -0.436 e. The van der Waals surface area contributed by atoms with E-state index in [0.29, 0.717) is 6.42 Å². The van der Waals surface area contributed by atoms with Crippen molar-refractivity contribution in [1.29, 1.82) is 0 Å². The summed E-state index contributed by atoms with van der Waals surface area (Å²) in [7, 11) is 0. The van der Waals surface area contributed by atoms with Gasteiger partial charge in [-0.2, -0.15) is 0 Å². The molecule has 16 heavy (non-hydrogen) atoms. The molecule has 2 amide bonds. The first kappa shape index (κ1) is 12.8. The molecule has 0 spiro atoms. The van der Waals surface area contributed by atoms with E-state index in [1.54, 1.807) is 0 Å². The van der Waals surface area contributed by atoms with Gasteiger partial charge in [-0.3, -0.25) is 4.79 Å². The van der Waals surface area contributed by atoms with E-state index in [9.17, 15) is 9.59 Å². The van der Waals surface area contributed by atoms with Crippen molar-refractivity contribution < 1.29 is 14.3 Å². The predicted octanol–water partition coefficient (Wildman–Crippen LogP) is 1.18. The van der Waals surface area contributed by atoms with E-state index in [4.69, 9.17) is 4.74 Å². The molecule has 5 nitrogen and oxygen atoms in total. The van der Waals surface area contributed by atoms with Crippen LogP contribution in [-0.2, 0) is 9.53 Å². The zero-order valence-corrected chi connectivity index (χ0v) is 10.5. The Morgan fingerprint density at radius 3 is 2.44 bits per heavy atom. The normalized spacial score (nSPS) is 23.8. The van der Waals surface area contributed by atoms with E-state index in [0.717, 1.165) is 0 Å². The Morgan fingerprint density at radius 1 is 1.50 bits per heavy atom. The van der Waals surface area contributed by atoms with Crippen LogP contribution in [0.2, 0.25) is 0 Å². The minimum absolute atomic E-state index is 0.228. The maximum absolute atomic E-state index is 11.5. The van der Waals surface area contributed by atoms with Gasteiger partial charge in [-0.25, -0.2) is 4.79 Å². The van der Waals surface area contributed by atoms with Gasteiger partial charge in [0.25, 0.3) is 5.91 Å². The lowest BCUT2D eigenvalue weighted by Gasteiger charge is -2.21. The molecule has 1 heterocycles. The number of ether oxygens (including phenoxy) is 1. The van der Waals surface area contributed by atoms with E-state index < -0.39 is 12.2 Å². The van der Waals surface area contributed by atoms with E-state index in [1.165, 1.54) is 0 Å². The number of carbonyl (C=O) groups is 2. The summed E-state index contributed by atoms with van der Waals surface area (Å²) in [5, 5.41) is 5.42. The monoisotopic (exact) mass is 228 g/mol. The van der Waals surface area contributed by atoms with Crippen LogP contribution in [0, 0.1) is 0 Å². The number of hydrogen-bond acceptors (Lipinski definition) is 3. The van der Waals surface area contributed by atoms with Crippen molar-refractivity contribution >= 4 is 12.0 Å². The Kier molecular flexibility index (Phi) is 3.17. The molecule has 1 rings (SSSR count). The van der Waals surface area contributed by atoms with E-state index in [-0.39, 0.29) is 17.0 Å². The Morgan fingerprint density at radius 2 is 2.06 bits per heavy atom. The van der Waals surface area contributed by atoms with Crippen LogP contribution in [0.3, 0.4) is 0 Å². The second-order valence-corrected chi connectivity index (χ2v) is 5.85. The summed E-state index contributed by atoms with van der Waals surface area (Å²) in [6.07, 6.45) is -0.730. The summed E-state index contributed by atoms with van der Waals surface area (Å²) < 4.78 is 5.07. The Hall–Kier alpha value is -1.26. The highest BCUT2D eigenvalue weighted by atomic mass is 16.6. The molecule has 0 aromatic heterocycles. The van der Waals surface area contributed by atoms with Crippen molar-refractivity contribution in [2.45, 2.75) is 58.2 Å². The van der Waals surface area contributed by atoms with Gasteiger partial charge in [-0.05, 0) is 34.6 Å². The van der Waals surface area contributed by atoms with Gasteiger partial charge in [0.2, 0.25) is 0 Å². The Labute approximate surface area is 95.9 Å². The van der Waals surface area contributed by atoms with Crippen LogP contribution in [0.1, 0.15) is 41.0 Å². The van der Waals surface area contributed by atoms with Gasteiger partial charge in [0.1, 0.15) is 0 Å². The van der Waals surface area contributed by atoms with Crippen LogP contribution in [0.5, 0.6) is 0 Å². The van der Waals surface area contributed by atoms with E-state index >= 15 is 0 Å². The molecule has 5 heteroatoms. The summed E-state index contributed by atoms with van der Waals surface area (Å²) in [5.74, 6) is -0.228. The number of alkyl carbamates (subject to hydrolysis) is 1. The topological polar surface area (TPSA) is 67.4 Å². The largest absolute Gasteiger partial charge is 0.436 e. The molecule has 0 unspecified atom stereocenters. The molecule has 1 aliphatic heterocycles. The molecule has 1 atom stereocenters. The highest BCUT2D eigenvalue weighted by Gasteiger charge is 2.40. The fraction of sp³-hybridized carbons (Fsp3) is 0.818. The molecule has 0 radical (unpaired) electrons. The number of hydrogen-bond donors (Lipinski definition) is 2. The summed E-state index contributed by atoms with van der Waals surface area (Å²) >= 11 is 0. The van der Waals surface area contributed by atoms with Crippen LogP contribution >= 0.6 is 0 Å². The van der Waals surface area contributed by atoms with Gasteiger partial charge in [0.15, 0.2) is 6.10 Å². The molecule has 0 aromatic carbocycles. The third-order valence-corrected chi connectivity index (χ3v) is 2.18. The number of carbonyl (C=O) groups excluding carboxylic acids is 2. The molecule has 0 aromatic rings. The van der Waals surface area contributed by atoms with Crippen molar-refractivity contribution in [1.82, 2.24) is 10.6 Å². The molecule has 0 saturated carbocycles. The lowest BCUT2D eigenvalue weighted by molar-refractivity contribution is -0.126. The predicted molar refractivity (Wildman–Crippen MR) is 60.0 cm³/mol. The summed E-state index contributed by atoms with van der Waals surface area (Å²) in [5.41, 5.74) is -0.661. The van der Waals surface area contributed by atoms with Crippen molar-refractivity contribution in [3.63, 3.8) is 0 Å². The summed E-state index contributed by atoms with van der Waals surface area (Å²) in [6.45, 7) is 9.36. The van der Waals surface area contributed by atoms with Crippen molar-refractivity contribution in [3.05, 3.63) is 0 Å². The van der Waals surface area contributed by atoms with Crippen LogP contribution < -0.4 is 10.6 Å². The minimum atomic E-state index is -0.683. The highest BCUT2D eigenvalue weighted by molar-refractivity contribution is 5.86. The number of nitrogens with one attached hydrogen (secondary N) is 2.